The van der Waals surface area contributed by atoms with Crippen LogP contribution in [0, 0.1) is 11.2 Å². The fraction of sp³-hybridized carbons (Fsp3) is 0.462. The summed E-state index contributed by atoms with van der Waals surface area (Å²) in [5, 5.41) is 8.54. The van der Waals surface area contributed by atoms with Crippen LogP contribution in [0.3, 0.4) is 0 Å². The molecule has 0 spiro atoms. The van der Waals surface area contributed by atoms with E-state index in [0.717, 1.165) is 18.8 Å². The van der Waals surface area contributed by atoms with Crippen molar-refractivity contribution in [2.45, 2.75) is 24.3 Å². The number of rotatable bonds is 2. The summed E-state index contributed by atoms with van der Waals surface area (Å²) in [5.41, 5.74) is 6.47. The topological polar surface area (TPSA) is 53.1 Å². The van der Waals surface area contributed by atoms with Gasteiger partial charge in [0.05, 0.1) is 11.3 Å². The number of nitrogen functional groups attached to an aromatic ring is 1. The lowest BCUT2D eigenvalue weighted by atomic mass is 10.1. The Hall–Kier alpha value is -1.23. The number of hydrogen-bond donors (Lipinski definition) is 2. The van der Waals surface area contributed by atoms with Gasteiger partial charge < -0.3 is 10.6 Å². The second-order valence-corrected chi connectivity index (χ2v) is 6.59. The van der Waals surface area contributed by atoms with Crippen molar-refractivity contribution in [2.75, 3.05) is 18.0 Å². The van der Waals surface area contributed by atoms with Gasteiger partial charge in [-0.15, -0.1) is 0 Å². The molecule has 1 fully saturated rings. The summed E-state index contributed by atoms with van der Waals surface area (Å²) >= 11 is 1.94. The maximum atomic E-state index is 13.8. The van der Waals surface area contributed by atoms with Gasteiger partial charge in [0.25, 0.3) is 0 Å². The van der Waals surface area contributed by atoms with Crippen LogP contribution in [0.15, 0.2) is 18.2 Å². The Balaban J connectivity index is 2.38. The highest BCUT2D eigenvalue weighted by atomic mass is 32.2. The molecule has 3 nitrogen and oxygen atoms in total. The summed E-state index contributed by atoms with van der Waals surface area (Å²) in [4.78, 5) is 2.13. The van der Waals surface area contributed by atoms with Crippen LogP contribution in [-0.2, 0) is 0 Å². The first-order chi connectivity index (χ1) is 8.49. The van der Waals surface area contributed by atoms with Crippen LogP contribution in [0.4, 0.5) is 10.1 Å². The Kier molecular flexibility index (Phi) is 3.80. The number of nitrogens with two attached hydrogens (primary N) is 1. The molecule has 0 radical (unpaired) electrons. The molecule has 0 saturated carbocycles. The Labute approximate surface area is 111 Å². The Morgan fingerprint density at radius 1 is 1.39 bits per heavy atom. The quantitative estimate of drug-likeness (QED) is 0.639. The van der Waals surface area contributed by atoms with Gasteiger partial charge in [0, 0.05) is 23.6 Å². The molecule has 1 heterocycles. The first-order valence-corrected chi connectivity index (χ1v) is 6.96. The van der Waals surface area contributed by atoms with E-state index in [-0.39, 0.29) is 11.4 Å². The van der Waals surface area contributed by atoms with Gasteiger partial charge in [-0.05, 0) is 12.1 Å². The third kappa shape index (κ3) is 2.61. The third-order valence-electron chi connectivity index (χ3n) is 3.02. The van der Waals surface area contributed by atoms with Crippen LogP contribution in [0.5, 0.6) is 0 Å². The number of anilines is 1. The molecule has 0 amide bonds. The van der Waals surface area contributed by atoms with Gasteiger partial charge in [-0.3, -0.25) is 5.41 Å². The molecule has 1 aliphatic rings. The highest BCUT2D eigenvalue weighted by Gasteiger charge is 2.25. The van der Waals surface area contributed by atoms with Crippen molar-refractivity contribution in [3.8, 4) is 0 Å². The van der Waals surface area contributed by atoms with E-state index in [9.17, 15) is 4.39 Å². The van der Waals surface area contributed by atoms with E-state index >= 15 is 0 Å². The van der Waals surface area contributed by atoms with E-state index in [4.69, 9.17) is 11.1 Å². The normalized spacial score (nSPS) is 24.1. The second kappa shape index (κ2) is 5.18. The standard InChI is InChI=1S/C13H18FN3S/c1-8-6-17(7-9(2)18-8)11-5-3-4-10(14)12(11)13(15)16/h3-5,8-9H,6-7H2,1-2H3,(H3,15,16). The first-order valence-electron chi connectivity index (χ1n) is 6.02. The van der Waals surface area contributed by atoms with Crippen LogP contribution in [-0.4, -0.2) is 29.4 Å². The summed E-state index contributed by atoms with van der Waals surface area (Å²) in [6.45, 7) is 6.05. The molecule has 98 valence electrons. The van der Waals surface area contributed by atoms with Crippen LogP contribution >= 0.6 is 11.8 Å². The lowest BCUT2D eigenvalue weighted by Gasteiger charge is -2.37. The summed E-state index contributed by atoms with van der Waals surface area (Å²) < 4.78 is 13.8. The third-order valence-corrected chi connectivity index (χ3v) is 4.25. The SMILES string of the molecule is CC1CN(c2cccc(F)c2C(=N)N)CC(C)S1. The number of nitrogens with zero attached hydrogens (tertiary/aromatic N) is 1. The minimum atomic E-state index is -0.418. The van der Waals surface area contributed by atoms with E-state index in [2.05, 4.69) is 18.7 Å². The average molecular weight is 267 g/mol. The molecule has 5 heteroatoms. The number of halogens is 1. The number of amidine groups is 1. The van der Waals surface area contributed by atoms with Gasteiger partial charge in [-0.25, -0.2) is 4.39 Å². The summed E-state index contributed by atoms with van der Waals surface area (Å²) in [6, 6.07) is 4.87. The van der Waals surface area contributed by atoms with Crippen LogP contribution in [0.1, 0.15) is 19.4 Å². The van der Waals surface area contributed by atoms with Crippen LogP contribution in [0.2, 0.25) is 0 Å². The Bertz CT molecular complexity index is 454. The van der Waals surface area contributed by atoms with Gasteiger partial charge in [-0.1, -0.05) is 19.9 Å². The Morgan fingerprint density at radius 2 is 2.00 bits per heavy atom. The molecule has 2 unspecified atom stereocenters. The molecule has 1 aromatic carbocycles. The molecule has 2 rings (SSSR count). The van der Waals surface area contributed by atoms with Crippen molar-refractivity contribution >= 4 is 23.3 Å². The molecular weight excluding hydrogens is 249 g/mol. The fourth-order valence-electron chi connectivity index (χ4n) is 2.42. The minimum Gasteiger partial charge on any atom is -0.384 e. The van der Waals surface area contributed by atoms with Crippen LogP contribution < -0.4 is 10.6 Å². The van der Waals surface area contributed by atoms with Gasteiger partial charge in [0.2, 0.25) is 0 Å². The predicted molar refractivity (Wildman–Crippen MR) is 76.1 cm³/mol. The first kappa shape index (κ1) is 13.2. The van der Waals surface area contributed by atoms with E-state index in [1.54, 1.807) is 6.07 Å². The minimum absolute atomic E-state index is 0.207. The highest BCUT2D eigenvalue weighted by Crippen LogP contribution is 2.31. The average Bonchev–Trinajstić information content (AvgIpc) is 2.26. The zero-order valence-corrected chi connectivity index (χ0v) is 11.4. The molecule has 18 heavy (non-hydrogen) atoms. The maximum Gasteiger partial charge on any atom is 0.136 e. The van der Waals surface area contributed by atoms with Crippen molar-refractivity contribution in [1.82, 2.24) is 0 Å². The van der Waals surface area contributed by atoms with E-state index in [1.165, 1.54) is 6.07 Å². The van der Waals surface area contributed by atoms with Gasteiger partial charge in [-0.2, -0.15) is 11.8 Å². The molecule has 1 aromatic rings. The maximum absolute atomic E-state index is 13.8. The van der Waals surface area contributed by atoms with Gasteiger partial charge >= 0.3 is 0 Å². The Morgan fingerprint density at radius 3 is 2.56 bits per heavy atom. The summed E-state index contributed by atoms with van der Waals surface area (Å²) in [7, 11) is 0. The zero-order valence-electron chi connectivity index (χ0n) is 10.6. The number of nitrogens with one attached hydrogen (secondary N) is 1. The van der Waals surface area contributed by atoms with Gasteiger partial charge in [0.15, 0.2) is 0 Å². The molecular formula is C13H18FN3S. The molecule has 1 aliphatic heterocycles. The molecule has 3 N–H and O–H groups in total. The predicted octanol–water partition coefficient (Wildman–Crippen LogP) is 2.44. The van der Waals surface area contributed by atoms with Gasteiger partial charge in [0.1, 0.15) is 11.7 Å². The van der Waals surface area contributed by atoms with Crippen LogP contribution in [0.25, 0.3) is 0 Å². The lowest BCUT2D eigenvalue weighted by molar-refractivity contribution is 0.622. The molecule has 0 aromatic heterocycles. The number of hydrogen-bond acceptors (Lipinski definition) is 3. The molecule has 2 atom stereocenters. The van der Waals surface area contributed by atoms with Crippen molar-refractivity contribution in [1.29, 1.82) is 5.41 Å². The van der Waals surface area contributed by atoms with Crippen molar-refractivity contribution in [3.63, 3.8) is 0 Å². The summed E-state index contributed by atoms with van der Waals surface area (Å²) in [5.74, 6) is -0.625. The summed E-state index contributed by atoms with van der Waals surface area (Å²) in [6.07, 6.45) is 0. The second-order valence-electron chi connectivity index (χ2n) is 4.71. The fourth-order valence-corrected chi connectivity index (χ4v) is 3.74. The van der Waals surface area contributed by atoms with E-state index in [1.807, 2.05) is 17.8 Å². The smallest absolute Gasteiger partial charge is 0.136 e. The monoisotopic (exact) mass is 267 g/mol. The largest absolute Gasteiger partial charge is 0.384 e. The van der Waals surface area contributed by atoms with E-state index < -0.39 is 5.82 Å². The molecule has 1 saturated heterocycles. The number of benzene rings is 1. The molecule has 0 bridgehead atoms. The van der Waals surface area contributed by atoms with Crippen molar-refractivity contribution < 1.29 is 4.39 Å². The number of thioether (sulfide) groups is 1. The van der Waals surface area contributed by atoms with Crippen molar-refractivity contribution in [2.24, 2.45) is 5.73 Å². The zero-order chi connectivity index (χ0) is 13.3. The lowest BCUT2D eigenvalue weighted by Crippen LogP contribution is -2.41. The van der Waals surface area contributed by atoms with Crippen molar-refractivity contribution in [3.05, 3.63) is 29.6 Å². The molecule has 0 aliphatic carbocycles. The van der Waals surface area contributed by atoms with E-state index in [0.29, 0.717) is 10.5 Å². The highest BCUT2D eigenvalue weighted by molar-refractivity contribution is 8.00.